The second-order valence-corrected chi connectivity index (χ2v) is 4.69. The van der Waals surface area contributed by atoms with Crippen LogP contribution in [0.1, 0.15) is 44.9 Å². The summed E-state index contributed by atoms with van der Waals surface area (Å²) < 4.78 is 0. The Hall–Kier alpha value is -0.780. The third-order valence-corrected chi connectivity index (χ3v) is 3.09. The lowest BCUT2D eigenvalue weighted by atomic mass is 9.99. The molecule has 2 N–H and O–H groups in total. The Bertz CT molecular complexity index is 315. The van der Waals surface area contributed by atoms with E-state index in [0.29, 0.717) is 6.42 Å². The number of aliphatic hydroxyl groups excluding tert-OH is 1. The summed E-state index contributed by atoms with van der Waals surface area (Å²) in [5.74, 6) is 5.85. The molecule has 0 saturated heterocycles. The maximum atomic E-state index is 9.59. The Morgan fingerprint density at radius 1 is 1.40 bits per heavy atom. The summed E-state index contributed by atoms with van der Waals surface area (Å²) >= 11 is 0. The predicted molar refractivity (Wildman–Crippen MR) is 59.1 cm³/mol. The molecule has 15 heavy (non-hydrogen) atoms. The average Bonchev–Trinajstić information content (AvgIpc) is 2.95. The van der Waals surface area contributed by atoms with Gasteiger partial charge in [0, 0.05) is 6.42 Å². The fraction of sp³-hybridized carbons (Fsp3) is 0.692. The minimum absolute atomic E-state index is 0.410. The molecule has 2 heteroatoms. The molecular weight excluding hydrogens is 188 g/mol. The highest BCUT2D eigenvalue weighted by molar-refractivity contribution is 5.31. The van der Waals surface area contributed by atoms with E-state index in [-0.39, 0.29) is 0 Å². The van der Waals surface area contributed by atoms with Gasteiger partial charge < -0.3 is 10.2 Å². The molecule has 0 amide bonds. The van der Waals surface area contributed by atoms with Crippen LogP contribution in [0.2, 0.25) is 0 Å². The Morgan fingerprint density at radius 2 is 2.20 bits per heavy atom. The lowest BCUT2D eigenvalue weighted by Crippen LogP contribution is -2.16. The summed E-state index contributed by atoms with van der Waals surface area (Å²) in [6.45, 7) is 0. The van der Waals surface area contributed by atoms with E-state index in [1.807, 2.05) is 0 Å². The van der Waals surface area contributed by atoms with Gasteiger partial charge in [0.1, 0.15) is 6.10 Å². The summed E-state index contributed by atoms with van der Waals surface area (Å²) in [5, 5.41) is 19.2. The van der Waals surface area contributed by atoms with E-state index in [1.165, 1.54) is 12.8 Å². The summed E-state index contributed by atoms with van der Waals surface area (Å²) in [5.41, 5.74) is 0.553. The molecule has 0 spiro atoms. The van der Waals surface area contributed by atoms with Crippen LogP contribution >= 0.6 is 0 Å². The van der Waals surface area contributed by atoms with Gasteiger partial charge in [-0.3, -0.25) is 0 Å². The van der Waals surface area contributed by atoms with E-state index in [4.69, 9.17) is 0 Å². The molecule has 2 rings (SSSR count). The zero-order chi connectivity index (χ0) is 10.7. The minimum Gasteiger partial charge on any atom is -0.390 e. The van der Waals surface area contributed by atoms with Gasteiger partial charge in [0.05, 0.1) is 5.60 Å². The minimum atomic E-state index is -0.666. The Kier molecular flexibility index (Phi) is 3.14. The van der Waals surface area contributed by atoms with Crippen molar-refractivity contribution >= 4 is 0 Å². The quantitative estimate of drug-likeness (QED) is 0.676. The van der Waals surface area contributed by atoms with Crippen LogP contribution in [0, 0.1) is 11.8 Å². The van der Waals surface area contributed by atoms with Crippen molar-refractivity contribution in [3.63, 3.8) is 0 Å². The number of aliphatic hydroxyl groups is 2. The van der Waals surface area contributed by atoms with Crippen LogP contribution in [-0.2, 0) is 0 Å². The first-order chi connectivity index (χ1) is 7.18. The molecule has 0 bridgehead atoms. The maximum Gasteiger partial charge on any atom is 0.117 e. The van der Waals surface area contributed by atoms with Crippen LogP contribution in [0.5, 0.6) is 0 Å². The molecule has 82 valence electrons. The van der Waals surface area contributed by atoms with Crippen molar-refractivity contribution in [2.24, 2.45) is 0 Å². The number of allylic oxidation sites excluding steroid dienone is 2. The Labute approximate surface area is 91.0 Å². The first kappa shape index (κ1) is 10.7. The van der Waals surface area contributed by atoms with Gasteiger partial charge >= 0.3 is 0 Å². The van der Waals surface area contributed by atoms with Crippen molar-refractivity contribution in [2.75, 3.05) is 0 Å². The normalized spacial score (nSPS) is 24.8. The SMILES string of the molecule is O[C@H](C#CC1=CCCCC1)CC1(O)CC1. The molecule has 0 heterocycles. The van der Waals surface area contributed by atoms with Gasteiger partial charge in [-0.2, -0.15) is 0 Å². The molecule has 0 aromatic heterocycles. The van der Waals surface area contributed by atoms with Gasteiger partial charge in [0.15, 0.2) is 0 Å². The van der Waals surface area contributed by atoms with Crippen LogP contribution in [0.25, 0.3) is 0 Å². The Morgan fingerprint density at radius 3 is 2.80 bits per heavy atom. The lowest BCUT2D eigenvalue weighted by molar-refractivity contribution is 0.0891. The standard InChI is InChI=1S/C13H18O2/c14-12(10-13(15)8-9-13)7-6-11-4-2-1-3-5-11/h4,12,14-15H,1-3,5,8-10H2/t12-/m1/s1. The van der Waals surface area contributed by atoms with E-state index in [1.54, 1.807) is 0 Å². The monoisotopic (exact) mass is 206 g/mol. The van der Waals surface area contributed by atoms with Crippen LogP contribution < -0.4 is 0 Å². The summed E-state index contributed by atoms with van der Waals surface area (Å²) in [6.07, 6.45) is 8.16. The fourth-order valence-electron chi connectivity index (χ4n) is 1.89. The average molecular weight is 206 g/mol. The highest BCUT2D eigenvalue weighted by Crippen LogP contribution is 2.39. The lowest BCUT2D eigenvalue weighted by Gasteiger charge is -2.09. The first-order valence-corrected chi connectivity index (χ1v) is 5.79. The summed E-state index contributed by atoms with van der Waals surface area (Å²) in [7, 11) is 0. The van der Waals surface area contributed by atoms with Crippen molar-refractivity contribution in [2.45, 2.75) is 56.7 Å². The zero-order valence-corrected chi connectivity index (χ0v) is 9.00. The highest BCUT2D eigenvalue weighted by atomic mass is 16.3. The van der Waals surface area contributed by atoms with Gasteiger partial charge in [-0.25, -0.2) is 0 Å². The van der Waals surface area contributed by atoms with Crippen LogP contribution in [0.3, 0.4) is 0 Å². The van der Waals surface area contributed by atoms with Crippen molar-refractivity contribution in [3.05, 3.63) is 11.6 Å². The molecule has 0 unspecified atom stereocenters. The molecule has 2 nitrogen and oxygen atoms in total. The van der Waals surface area contributed by atoms with Gasteiger partial charge in [-0.15, -0.1) is 0 Å². The van der Waals surface area contributed by atoms with Crippen LogP contribution in [-0.4, -0.2) is 21.9 Å². The van der Waals surface area contributed by atoms with Gasteiger partial charge in [0.2, 0.25) is 0 Å². The van der Waals surface area contributed by atoms with E-state index in [9.17, 15) is 10.2 Å². The molecule has 0 aliphatic heterocycles. The molecule has 0 aromatic rings. The highest BCUT2D eigenvalue weighted by Gasteiger charge is 2.41. The molecular formula is C13H18O2. The number of hydrogen-bond donors (Lipinski definition) is 2. The van der Waals surface area contributed by atoms with Crippen LogP contribution in [0.15, 0.2) is 11.6 Å². The molecule has 1 atom stereocenters. The predicted octanol–water partition coefficient (Wildman–Crippen LogP) is 1.77. The fourth-order valence-corrected chi connectivity index (χ4v) is 1.89. The summed E-state index contributed by atoms with van der Waals surface area (Å²) in [6, 6.07) is 0. The molecule has 2 aliphatic carbocycles. The topological polar surface area (TPSA) is 40.5 Å². The van der Waals surface area contributed by atoms with E-state index >= 15 is 0 Å². The van der Waals surface area contributed by atoms with Crippen molar-refractivity contribution in [1.82, 2.24) is 0 Å². The second kappa shape index (κ2) is 4.38. The van der Waals surface area contributed by atoms with Gasteiger partial charge in [-0.05, 0) is 44.1 Å². The zero-order valence-electron chi connectivity index (χ0n) is 9.00. The Balaban J connectivity index is 1.84. The van der Waals surface area contributed by atoms with Crippen molar-refractivity contribution in [3.8, 4) is 11.8 Å². The molecule has 1 fully saturated rings. The van der Waals surface area contributed by atoms with Crippen molar-refractivity contribution in [1.29, 1.82) is 0 Å². The number of hydrogen-bond acceptors (Lipinski definition) is 2. The van der Waals surface area contributed by atoms with Crippen molar-refractivity contribution < 1.29 is 10.2 Å². The van der Waals surface area contributed by atoms with E-state index < -0.39 is 11.7 Å². The second-order valence-electron chi connectivity index (χ2n) is 4.69. The smallest absolute Gasteiger partial charge is 0.117 e. The van der Waals surface area contributed by atoms with E-state index in [2.05, 4.69) is 17.9 Å². The van der Waals surface area contributed by atoms with E-state index in [0.717, 1.165) is 31.3 Å². The van der Waals surface area contributed by atoms with Gasteiger partial charge in [0.25, 0.3) is 0 Å². The maximum absolute atomic E-state index is 9.59. The van der Waals surface area contributed by atoms with Gasteiger partial charge in [-0.1, -0.05) is 17.9 Å². The molecule has 0 radical (unpaired) electrons. The number of rotatable bonds is 2. The molecule has 0 aromatic carbocycles. The third kappa shape index (κ3) is 3.37. The molecule has 1 saturated carbocycles. The summed E-state index contributed by atoms with van der Waals surface area (Å²) in [4.78, 5) is 0. The van der Waals surface area contributed by atoms with Crippen LogP contribution in [0.4, 0.5) is 0 Å². The third-order valence-electron chi connectivity index (χ3n) is 3.09. The molecule has 2 aliphatic rings. The largest absolute Gasteiger partial charge is 0.390 e. The first-order valence-electron chi connectivity index (χ1n) is 5.79.